The Morgan fingerprint density at radius 3 is 2.70 bits per heavy atom. The fourth-order valence-corrected chi connectivity index (χ4v) is 2.39. The van der Waals surface area contributed by atoms with E-state index in [2.05, 4.69) is 26.1 Å². The zero-order valence-electron chi connectivity index (χ0n) is 12.7. The molecule has 0 aromatic carbocycles. The molecule has 2 N–H and O–H groups in total. The van der Waals surface area contributed by atoms with E-state index in [0.29, 0.717) is 17.1 Å². The summed E-state index contributed by atoms with van der Waals surface area (Å²) in [6.45, 7) is 9.23. The molecule has 0 aliphatic carbocycles. The molecule has 1 rings (SSSR count). The van der Waals surface area contributed by atoms with Crippen LogP contribution in [0.1, 0.15) is 51.0 Å². The number of hydrogen-bond acceptors (Lipinski definition) is 2. The normalized spacial score (nSPS) is 13.3. The first kappa shape index (κ1) is 17.1. The van der Waals surface area contributed by atoms with Crippen LogP contribution in [0.4, 0.5) is 0 Å². The first-order valence-electron chi connectivity index (χ1n) is 7.05. The summed E-state index contributed by atoms with van der Waals surface area (Å²) in [6, 6.07) is 1.66. The van der Waals surface area contributed by atoms with E-state index < -0.39 is 6.10 Å². The minimum absolute atomic E-state index is 0.0376. The second-order valence-corrected chi connectivity index (χ2v) is 6.80. The number of aromatic nitrogens is 1. The largest absolute Gasteiger partial charge is 0.391 e. The first-order valence-corrected chi connectivity index (χ1v) is 7.42. The van der Waals surface area contributed by atoms with Crippen molar-refractivity contribution in [1.82, 2.24) is 9.88 Å². The lowest BCUT2D eigenvalue weighted by molar-refractivity contribution is 0.0860. The van der Waals surface area contributed by atoms with Gasteiger partial charge in [0.1, 0.15) is 5.69 Å². The summed E-state index contributed by atoms with van der Waals surface area (Å²) in [6.07, 6.45) is 2.79. The number of carbonyl (C=O) groups excluding carboxylic acids is 1. The molecule has 1 aromatic rings. The monoisotopic (exact) mass is 300 g/mol. The van der Waals surface area contributed by atoms with Gasteiger partial charge in [0.15, 0.2) is 0 Å². The molecule has 0 saturated heterocycles. The smallest absolute Gasteiger partial charge is 0.268 e. The van der Waals surface area contributed by atoms with Crippen molar-refractivity contribution in [3.8, 4) is 0 Å². The summed E-state index contributed by atoms with van der Waals surface area (Å²) < 4.78 is 1.84. The lowest BCUT2D eigenvalue weighted by Crippen LogP contribution is -2.35. The van der Waals surface area contributed by atoms with Crippen molar-refractivity contribution >= 4 is 17.5 Å². The molecule has 1 amide bonds. The zero-order chi connectivity index (χ0) is 15.3. The highest BCUT2D eigenvalue weighted by Gasteiger charge is 2.18. The summed E-state index contributed by atoms with van der Waals surface area (Å²) in [5, 5.41) is 13.2. The van der Waals surface area contributed by atoms with E-state index in [1.54, 1.807) is 12.3 Å². The number of nitrogens with zero attached hydrogens (tertiary/aromatic N) is 1. The predicted molar refractivity (Wildman–Crippen MR) is 82.1 cm³/mol. The molecule has 1 aromatic heterocycles. The van der Waals surface area contributed by atoms with Crippen molar-refractivity contribution in [1.29, 1.82) is 0 Å². The van der Waals surface area contributed by atoms with Crippen LogP contribution in [0.2, 0.25) is 5.02 Å². The molecular weight excluding hydrogens is 276 g/mol. The highest BCUT2D eigenvalue weighted by Crippen LogP contribution is 2.20. The summed E-state index contributed by atoms with van der Waals surface area (Å²) in [4.78, 5) is 12.1. The molecule has 0 aliphatic heterocycles. The van der Waals surface area contributed by atoms with Crippen molar-refractivity contribution in [3.05, 3.63) is 23.0 Å². The summed E-state index contributed by atoms with van der Waals surface area (Å²) in [7, 11) is 0. The molecule has 0 radical (unpaired) electrons. The van der Waals surface area contributed by atoms with Crippen LogP contribution in [0.3, 0.4) is 0 Å². The molecule has 114 valence electrons. The Kier molecular flexibility index (Phi) is 6.08. The van der Waals surface area contributed by atoms with Crippen LogP contribution < -0.4 is 5.32 Å². The fraction of sp³-hybridized carbons (Fsp3) is 0.667. The second kappa shape index (κ2) is 7.14. The molecule has 0 saturated carbocycles. The molecular formula is C15H25ClN2O2. The molecule has 0 aliphatic rings. The minimum atomic E-state index is -0.538. The van der Waals surface area contributed by atoms with E-state index in [0.717, 1.165) is 13.0 Å². The van der Waals surface area contributed by atoms with Crippen molar-refractivity contribution in [2.24, 2.45) is 5.41 Å². The van der Waals surface area contributed by atoms with Crippen LogP contribution >= 0.6 is 11.6 Å². The van der Waals surface area contributed by atoms with Gasteiger partial charge in [-0.15, -0.1) is 0 Å². The van der Waals surface area contributed by atoms with Crippen LogP contribution in [0.5, 0.6) is 0 Å². The minimum Gasteiger partial charge on any atom is -0.391 e. The van der Waals surface area contributed by atoms with Crippen LogP contribution in [0.25, 0.3) is 0 Å². The number of aryl methyl sites for hydroxylation is 1. The third-order valence-corrected chi connectivity index (χ3v) is 3.11. The zero-order valence-corrected chi connectivity index (χ0v) is 13.5. The maximum absolute atomic E-state index is 12.1. The second-order valence-electron chi connectivity index (χ2n) is 6.37. The summed E-state index contributed by atoms with van der Waals surface area (Å²) in [5.74, 6) is -0.196. The SMILES string of the molecule is CCCn1cc(Cl)cc1C(=O)NCC(O)CC(C)(C)C. The molecule has 20 heavy (non-hydrogen) atoms. The number of aliphatic hydroxyl groups excluding tert-OH is 1. The number of nitrogens with one attached hydrogen (secondary N) is 1. The molecule has 1 atom stereocenters. The van der Waals surface area contributed by atoms with E-state index in [9.17, 15) is 9.90 Å². The van der Waals surface area contributed by atoms with Crippen molar-refractivity contribution in [3.63, 3.8) is 0 Å². The van der Waals surface area contributed by atoms with Gasteiger partial charge in [-0.25, -0.2) is 0 Å². The number of hydrogen-bond donors (Lipinski definition) is 2. The third-order valence-electron chi connectivity index (χ3n) is 2.91. The van der Waals surface area contributed by atoms with E-state index in [-0.39, 0.29) is 17.9 Å². The Morgan fingerprint density at radius 1 is 1.50 bits per heavy atom. The lowest BCUT2D eigenvalue weighted by Gasteiger charge is -2.22. The summed E-state index contributed by atoms with van der Waals surface area (Å²) >= 11 is 5.94. The first-order chi connectivity index (χ1) is 9.23. The van der Waals surface area contributed by atoms with Gasteiger partial charge in [0, 0.05) is 19.3 Å². The Labute approximate surface area is 126 Å². The third kappa shape index (κ3) is 5.55. The average molecular weight is 301 g/mol. The van der Waals surface area contributed by atoms with Gasteiger partial charge in [0.25, 0.3) is 5.91 Å². The van der Waals surface area contributed by atoms with Gasteiger partial charge in [0.05, 0.1) is 11.1 Å². The molecule has 4 nitrogen and oxygen atoms in total. The molecule has 1 heterocycles. The Balaban J connectivity index is 2.59. The fourth-order valence-electron chi connectivity index (χ4n) is 2.17. The van der Waals surface area contributed by atoms with Gasteiger partial charge >= 0.3 is 0 Å². The maximum Gasteiger partial charge on any atom is 0.268 e. The molecule has 0 bridgehead atoms. The quantitative estimate of drug-likeness (QED) is 0.848. The Morgan fingerprint density at radius 2 is 2.15 bits per heavy atom. The van der Waals surface area contributed by atoms with Crippen LogP contribution in [-0.2, 0) is 6.54 Å². The van der Waals surface area contributed by atoms with Gasteiger partial charge in [-0.1, -0.05) is 39.3 Å². The van der Waals surface area contributed by atoms with Crippen LogP contribution in [-0.4, -0.2) is 28.2 Å². The summed E-state index contributed by atoms with van der Waals surface area (Å²) in [5.41, 5.74) is 0.579. The molecule has 5 heteroatoms. The predicted octanol–water partition coefficient (Wildman–Crippen LogP) is 3.08. The van der Waals surface area contributed by atoms with E-state index in [1.807, 2.05) is 11.5 Å². The number of rotatable bonds is 6. The molecule has 1 unspecified atom stereocenters. The van der Waals surface area contributed by atoms with E-state index >= 15 is 0 Å². The topological polar surface area (TPSA) is 54.3 Å². The van der Waals surface area contributed by atoms with Gasteiger partial charge in [-0.3, -0.25) is 4.79 Å². The van der Waals surface area contributed by atoms with E-state index in [1.165, 1.54) is 0 Å². The van der Waals surface area contributed by atoms with Gasteiger partial charge in [-0.2, -0.15) is 0 Å². The molecule has 0 fully saturated rings. The number of amides is 1. The number of halogens is 1. The van der Waals surface area contributed by atoms with Crippen molar-refractivity contribution < 1.29 is 9.90 Å². The van der Waals surface area contributed by atoms with Crippen LogP contribution in [0, 0.1) is 5.41 Å². The lowest BCUT2D eigenvalue weighted by atomic mass is 9.89. The maximum atomic E-state index is 12.1. The van der Waals surface area contributed by atoms with E-state index in [4.69, 9.17) is 11.6 Å². The standard InChI is InChI=1S/C15H25ClN2O2/c1-5-6-18-10-11(16)7-13(18)14(20)17-9-12(19)8-15(2,3)4/h7,10,12,19H,5-6,8-9H2,1-4H3,(H,17,20). The Hall–Kier alpha value is -1.00. The van der Waals surface area contributed by atoms with Gasteiger partial charge in [0.2, 0.25) is 0 Å². The number of aliphatic hydroxyl groups is 1. The highest BCUT2D eigenvalue weighted by molar-refractivity contribution is 6.31. The van der Waals surface area contributed by atoms with Crippen LogP contribution in [0.15, 0.2) is 12.3 Å². The van der Waals surface area contributed by atoms with Crippen molar-refractivity contribution in [2.45, 2.75) is 53.2 Å². The highest BCUT2D eigenvalue weighted by atomic mass is 35.5. The van der Waals surface area contributed by atoms with Crippen molar-refractivity contribution in [2.75, 3.05) is 6.54 Å². The van der Waals surface area contributed by atoms with Gasteiger partial charge < -0.3 is 15.0 Å². The Bertz CT molecular complexity index is 449. The number of carbonyl (C=O) groups is 1. The van der Waals surface area contributed by atoms with Gasteiger partial charge in [-0.05, 0) is 24.3 Å². The molecule has 0 spiro atoms. The average Bonchev–Trinajstić information content (AvgIpc) is 2.65.